The van der Waals surface area contributed by atoms with Crippen LogP contribution in [0.3, 0.4) is 0 Å². The number of nitrogens with zero attached hydrogens (tertiary/aromatic N) is 3. The summed E-state index contributed by atoms with van der Waals surface area (Å²) < 4.78 is 27.3. The molecule has 1 aliphatic heterocycles. The smallest absolute Gasteiger partial charge is 0.323 e. The van der Waals surface area contributed by atoms with Crippen LogP contribution in [0.25, 0.3) is 11.0 Å². The number of H-pyrrole nitrogens is 2. The number of para-hydroxylation sites is 1. The topological polar surface area (TPSA) is 125 Å². The zero-order valence-corrected chi connectivity index (χ0v) is 17.8. The lowest BCUT2D eigenvalue weighted by atomic mass is 10.2. The van der Waals surface area contributed by atoms with Crippen LogP contribution in [0.5, 0.6) is 0 Å². The molecule has 0 unspecified atom stereocenters. The average molecular weight is 441 g/mol. The summed E-state index contributed by atoms with van der Waals surface area (Å²) in [5.74, 6) is 0. The first-order valence-electron chi connectivity index (χ1n) is 10.1. The average Bonchev–Trinajstić information content (AvgIpc) is 3.17. The van der Waals surface area contributed by atoms with Gasteiger partial charge in [0, 0.05) is 32.7 Å². The molecule has 0 bridgehead atoms. The summed E-state index contributed by atoms with van der Waals surface area (Å²) in [5.41, 5.74) is 2.88. The lowest BCUT2D eigenvalue weighted by Gasteiger charge is -2.36. The Morgan fingerprint density at radius 1 is 1.03 bits per heavy atom. The molecule has 9 nitrogen and oxygen atoms in total. The SMILES string of the molecule is N#Cc1ccc(S(=O)(=O)NCCCN2CCN(c3cccc4[nH]c(=O)[nH]c34)CC2)cc1. The summed E-state index contributed by atoms with van der Waals surface area (Å²) in [6.07, 6.45) is 0.705. The Hall–Kier alpha value is -3.13. The van der Waals surface area contributed by atoms with Crippen molar-refractivity contribution in [2.45, 2.75) is 11.3 Å². The van der Waals surface area contributed by atoms with Crippen molar-refractivity contribution in [2.75, 3.05) is 44.2 Å². The summed E-state index contributed by atoms with van der Waals surface area (Å²) in [6.45, 7) is 4.56. The van der Waals surface area contributed by atoms with E-state index in [2.05, 4.69) is 24.5 Å². The highest BCUT2D eigenvalue weighted by atomic mass is 32.2. The number of hydrogen-bond acceptors (Lipinski definition) is 6. The predicted octanol–water partition coefficient (Wildman–Crippen LogP) is 1.22. The number of imidazole rings is 1. The van der Waals surface area contributed by atoms with Crippen LogP contribution in [0.1, 0.15) is 12.0 Å². The van der Waals surface area contributed by atoms with Gasteiger partial charge in [-0.3, -0.25) is 4.90 Å². The number of nitrogens with one attached hydrogen (secondary N) is 3. The molecule has 0 aliphatic carbocycles. The van der Waals surface area contributed by atoms with E-state index in [-0.39, 0.29) is 10.6 Å². The molecule has 0 radical (unpaired) electrons. The van der Waals surface area contributed by atoms with Crippen LogP contribution < -0.4 is 15.3 Å². The molecule has 0 spiro atoms. The van der Waals surface area contributed by atoms with E-state index in [1.165, 1.54) is 24.3 Å². The van der Waals surface area contributed by atoms with Crippen molar-refractivity contribution in [3.05, 3.63) is 58.5 Å². The number of anilines is 1. The summed E-state index contributed by atoms with van der Waals surface area (Å²) in [6, 6.07) is 13.7. The fraction of sp³-hybridized carbons (Fsp3) is 0.333. The van der Waals surface area contributed by atoms with Gasteiger partial charge in [-0.2, -0.15) is 5.26 Å². The number of sulfonamides is 1. The van der Waals surface area contributed by atoms with E-state index >= 15 is 0 Å². The number of aromatic nitrogens is 2. The Labute approximate surface area is 180 Å². The molecule has 3 N–H and O–H groups in total. The second kappa shape index (κ2) is 8.93. The van der Waals surface area contributed by atoms with Crippen LogP contribution >= 0.6 is 0 Å². The monoisotopic (exact) mass is 440 g/mol. The third-order valence-corrected chi connectivity index (χ3v) is 6.96. The number of aromatic amines is 2. The van der Waals surface area contributed by atoms with Crippen molar-refractivity contribution >= 4 is 26.7 Å². The molecule has 1 fully saturated rings. The molecule has 0 saturated carbocycles. The molecular formula is C21H24N6O3S. The molecule has 1 saturated heterocycles. The molecule has 0 amide bonds. The Morgan fingerprint density at radius 3 is 2.48 bits per heavy atom. The predicted molar refractivity (Wildman–Crippen MR) is 119 cm³/mol. The van der Waals surface area contributed by atoms with Crippen molar-refractivity contribution in [1.82, 2.24) is 19.6 Å². The van der Waals surface area contributed by atoms with Crippen molar-refractivity contribution in [3.8, 4) is 6.07 Å². The maximum absolute atomic E-state index is 12.3. The van der Waals surface area contributed by atoms with Gasteiger partial charge in [-0.05, 0) is 49.4 Å². The van der Waals surface area contributed by atoms with E-state index in [0.717, 1.165) is 49.4 Å². The Balaban J connectivity index is 1.25. The maximum Gasteiger partial charge on any atom is 0.323 e. The van der Waals surface area contributed by atoms with Gasteiger partial charge in [0.25, 0.3) is 0 Å². The molecule has 10 heteroatoms. The summed E-state index contributed by atoms with van der Waals surface area (Å²) in [7, 11) is -3.57. The zero-order valence-electron chi connectivity index (χ0n) is 17.0. The first kappa shape index (κ1) is 21.1. The third-order valence-electron chi connectivity index (χ3n) is 5.48. The number of fused-ring (bicyclic) bond motifs is 1. The zero-order chi connectivity index (χ0) is 21.8. The summed E-state index contributed by atoms with van der Waals surface area (Å²) in [4.78, 5) is 22.0. The van der Waals surface area contributed by atoms with E-state index in [1.807, 2.05) is 24.3 Å². The van der Waals surface area contributed by atoms with E-state index in [4.69, 9.17) is 5.26 Å². The highest BCUT2D eigenvalue weighted by Crippen LogP contribution is 2.24. The minimum absolute atomic E-state index is 0.164. The standard InChI is InChI=1S/C21H24N6O3S/c22-15-16-5-7-17(8-6-16)31(29,30)23-9-2-10-26-11-13-27(14-12-26)19-4-1-3-18-20(19)25-21(28)24-18/h1,3-8,23H,2,9-14H2,(H2,24,25,28). The fourth-order valence-corrected chi connectivity index (χ4v) is 4.89. The van der Waals surface area contributed by atoms with Crippen LogP contribution in [0, 0.1) is 11.3 Å². The number of rotatable bonds is 7. The molecule has 162 valence electrons. The van der Waals surface area contributed by atoms with E-state index in [9.17, 15) is 13.2 Å². The second-order valence-electron chi connectivity index (χ2n) is 7.50. The first-order chi connectivity index (χ1) is 15.0. The molecule has 0 atom stereocenters. The van der Waals surface area contributed by atoms with Crippen molar-refractivity contribution in [3.63, 3.8) is 0 Å². The van der Waals surface area contributed by atoms with E-state index in [1.54, 1.807) is 0 Å². The van der Waals surface area contributed by atoms with E-state index in [0.29, 0.717) is 18.5 Å². The highest BCUT2D eigenvalue weighted by Gasteiger charge is 2.19. The number of nitriles is 1. The van der Waals surface area contributed by atoms with Gasteiger partial charge in [0.1, 0.15) is 0 Å². The van der Waals surface area contributed by atoms with Gasteiger partial charge in [0.05, 0.1) is 33.2 Å². The van der Waals surface area contributed by atoms with Gasteiger partial charge >= 0.3 is 5.69 Å². The lowest BCUT2D eigenvalue weighted by molar-refractivity contribution is 0.255. The van der Waals surface area contributed by atoms with Crippen LogP contribution in [-0.2, 0) is 10.0 Å². The number of piperazine rings is 1. The number of benzene rings is 2. The quantitative estimate of drug-likeness (QED) is 0.475. The molecule has 1 aliphatic rings. The van der Waals surface area contributed by atoms with Crippen molar-refractivity contribution < 1.29 is 8.42 Å². The molecule has 2 heterocycles. The molecule has 2 aromatic carbocycles. The van der Waals surface area contributed by atoms with Crippen molar-refractivity contribution in [2.24, 2.45) is 0 Å². The van der Waals surface area contributed by atoms with Gasteiger partial charge in [-0.25, -0.2) is 17.9 Å². The van der Waals surface area contributed by atoms with Crippen LogP contribution in [0.15, 0.2) is 52.2 Å². The van der Waals surface area contributed by atoms with Gasteiger partial charge < -0.3 is 14.9 Å². The molecule has 1 aromatic heterocycles. The number of hydrogen-bond donors (Lipinski definition) is 3. The van der Waals surface area contributed by atoms with E-state index < -0.39 is 10.0 Å². The third kappa shape index (κ3) is 4.80. The fourth-order valence-electron chi connectivity index (χ4n) is 3.82. The summed E-state index contributed by atoms with van der Waals surface area (Å²) in [5, 5.41) is 8.82. The largest absolute Gasteiger partial charge is 0.367 e. The van der Waals surface area contributed by atoms with Crippen LogP contribution in [-0.4, -0.2) is 62.6 Å². The highest BCUT2D eigenvalue weighted by molar-refractivity contribution is 7.89. The first-order valence-corrected chi connectivity index (χ1v) is 11.6. The van der Waals surface area contributed by atoms with Crippen LogP contribution in [0.2, 0.25) is 0 Å². The van der Waals surface area contributed by atoms with Gasteiger partial charge in [0.2, 0.25) is 10.0 Å². The Morgan fingerprint density at radius 2 is 1.77 bits per heavy atom. The van der Waals surface area contributed by atoms with Gasteiger partial charge in [-0.1, -0.05) is 6.07 Å². The maximum atomic E-state index is 12.3. The molecule has 4 rings (SSSR count). The summed E-state index contributed by atoms with van der Waals surface area (Å²) >= 11 is 0. The van der Waals surface area contributed by atoms with Crippen LogP contribution in [0.4, 0.5) is 5.69 Å². The second-order valence-corrected chi connectivity index (χ2v) is 9.26. The Kier molecular flexibility index (Phi) is 6.08. The molecular weight excluding hydrogens is 416 g/mol. The van der Waals surface area contributed by atoms with Gasteiger partial charge in [-0.15, -0.1) is 0 Å². The Bertz CT molecular complexity index is 1250. The normalized spacial score (nSPS) is 15.3. The van der Waals surface area contributed by atoms with Gasteiger partial charge in [0.15, 0.2) is 0 Å². The minimum atomic E-state index is -3.57. The minimum Gasteiger partial charge on any atom is -0.367 e. The molecule has 3 aromatic rings. The lowest BCUT2D eigenvalue weighted by Crippen LogP contribution is -2.47. The van der Waals surface area contributed by atoms with Crippen molar-refractivity contribution in [1.29, 1.82) is 5.26 Å². The molecule has 31 heavy (non-hydrogen) atoms.